The van der Waals surface area contributed by atoms with Crippen molar-refractivity contribution >= 4 is 17.9 Å². The number of hydrogen-bond acceptors (Lipinski definition) is 4. The number of hydrogen-bond donors (Lipinski definition) is 0. The lowest BCUT2D eigenvalue weighted by Gasteiger charge is -2.33. The van der Waals surface area contributed by atoms with E-state index in [0.29, 0.717) is 12.5 Å². The van der Waals surface area contributed by atoms with Gasteiger partial charge >= 0.3 is 5.97 Å². The van der Waals surface area contributed by atoms with Gasteiger partial charge in [0, 0.05) is 24.3 Å². The molecular weight excluding hydrogens is 278 g/mol. The van der Waals surface area contributed by atoms with Crippen LogP contribution >= 0.6 is 0 Å². The van der Waals surface area contributed by atoms with Crippen molar-refractivity contribution in [1.29, 1.82) is 0 Å². The van der Waals surface area contributed by atoms with E-state index in [1.807, 2.05) is 13.0 Å². The summed E-state index contributed by atoms with van der Waals surface area (Å²) >= 11 is 0. The first-order valence-corrected chi connectivity index (χ1v) is 8.23. The molecule has 1 saturated heterocycles. The van der Waals surface area contributed by atoms with Crippen molar-refractivity contribution in [2.45, 2.75) is 38.5 Å². The highest BCUT2D eigenvalue weighted by Gasteiger charge is 2.28. The van der Waals surface area contributed by atoms with Crippen LogP contribution in [0.5, 0.6) is 0 Å². The lowest BCUT2D eigenvalue weighted by Crippen LogP contribution is -2.37. The number of benzene rings is 1. The molecule has 4 nitrogen and oxygen atoms in total. The molecule has 1 aromatic rings. The molecule has 1 aliphatic heterocycles. The molecule has 0 radical (unpaired) electrons. The Morgan fingerprint density at radius 2 is 2.00 bits per heavy atom. The van der Waals surface area contributed by atoms with Gasteiger partial charge < -0.3 is 9.64 Å². The van der Waals surface area contributed by atoms with Gasteiger partial charge in [0.1, 0.15) is 0 Å². The number of anilines is 1. The molecule has 22 heavy (non-hydrogen) atoms. The molecule has 3 rings (SSSR count). The number of piperidine rings is 1. The van der Waals surface area contributed by atoms with Gasteiger partial charge in [0.05, 0.1) is 12.5 Å². The minimum absolute atomic E-state index is 0.00231. The summed E-state index contributed by atoms with van der Waals surface area (Å²) < 4.78 is 5.11. The highest BCUT2D eigenvalue weighted by molar-refractivity contribution is 5.85. The highest BCUT2D eigenvalue weighted by atomic mass is 16.5. The molecule has 1 heterocycles. The number of nitrogens with zero attached hydrogens (tertiary/aromatic N) is 1. The molecule has 4 heteroatoms. The molecule has 0 aromatic heterocycles. The van der Waals surface area contributed by atoms with Crippen LogP contribution in [-0.2, 0) is 9.53 Å². The SMILES string of the molecule is CCOC(=O)C1CCN(c2cc(C3CC3)ccc2C=O)CC1. The van der Waals surface area contributed by atoms with Crippen LogP contribution in [0, 0.1) is 5.92 Å². The first kappa shape index (κ1) is 15.1. The van der Waals surface area contributed by atoms with Crippen molar-refractivity contribution in [2.24, 2.45) is 5.92 Å². The largest absolute Gasteiger partial charge is 0.466 e. The Kier molecular flexibility index (Phi) is 4.46. The Morgan fingerprint density at radius 3 is 2.59 bits per heavy atom. The lowest BCUT2D eigenvalue weighted by molar-refractivity contribution is -0.148. The zero-order valence-corrected chi connectivity index (χ0v) is 13.1. The number of carbonyl (C=O) groups excluding carboxylic acids is 2. The number of carbonyl (C=O) groups is 2. The average molecular weight is 301 g/mol. The van der Waals surface area contributed by atoms with Gasteiger partial charge in [-0.2, -0.15) is 0 Å². The molecule has 0 amide bonds. The molecule has 2 aliphatic rings. The summed E-state index contributed by atoms with van der Waals surface area (Å²) in [6, 6.07) is 6.19. The number of ether oxygens (including phenoxy) is 1. The van der Waals surface area contributed by atoms with Gasteiger partial charge in [0.2, 0.25) is 0 Å². The molecule has 118 valence electrons. The fourth-order valence-electron chi connectivity index (χ4n) is 3.22. The Bertz CT molecular complexity index is 557. The maximum atomic E-state index is 11.8. The van der Waals surface area contributed by atoms with Gasteiger partial charge in [-0.15, -0.1) is 0 Å². The van der Waals surface area contributed by atoms with Crippen LogP contribution < -0.4 is 4.90 Å². The summed E-state index contributed by atoms with van der Waals surface area (Å²) in [6.07, 6.45) is 5.04. The topological polar surface area (TPSA) is 46.6 Å². The van der Waals surface area contributed by atoms with E-state index in [1.165, 1.54) is 18.4 Å². The lowest BCUT2D eigenvalue weighted by atomic mass is 9.95. The second-order valence-electron chi connectivity index (χ2n) is 6.22. The Balaban J connectivity index is 1.71. The van der Waals surface area contributed by atoms with Crippen LogP contribution in [0.25, 0.3) is 0 Å². The van der Waals surface area contributed by atoms with Gasteiger partial charge in [-0.1, -0.05) is 6.07 Å². The Hall–Kier alpha value is -1.84. The predicted molar refractivity (Wildman–Crippen MR) is 85.4 cm³/mol. The van der Waals surface area contributed by atoms with E-state index < -0.39 is 0 Å². The number of rotatable bonds is 5. The van der Waals surface area contributed by atoms with Gasteiger partial charge in [-0.25, -0.2) is 0 Å². The molecular formula is C18H23NO3. The molecule has 0 N–H and O–H groups in total. The van der Waals surface area contributed by atoms with E-state index in [9.17, 15) is 9.59 Å². The minimum atomic E-state index is -0.0792. The van der Waals surface area contributed by atoms with E-state index in [-0.39, 0.29) is 11.9 Å². The molecule has 1 aliphatic carbocycles. The third-order valence-electron chi connectivity index (χ3n) is 4.69. The van der Waals surface area contributed by atoms with Gasteiger partial charge in [0.25, 0.3) is 0 Å². The normalized spacial score (nSPS) is 19.0. The standard InChI is InChI=1S/C18H23NO3/c1-2-22-18(21)14-7-9-19(10-8-14)17-11-15(13-3-4-13)5-6-16(17)12-20/h5-6,11-14H,2-4,7-10H2,1H3. The monoisotopic (exact) mass is 301 g/mol. The van der Waals surface area contributed by atoms with E-state index >= 15 is 0 Å². The molecule has 0 bridgehead atoms. The molecule has 1 aromatic carbocycles. The maximum Gasteiger partial charge on any atom is 0.309 e. The first-order valence-electron chi connectivity index (χ1n) is 8.23. The van der Waals surface area contributed by atoms with Crippen LogP contribution in [-0.4, -0.2) is 32.0 Å². The molecule has 1 saturated carbocycles. The quantitative estimate of drug-likeness (QED) is 0.619. The second-order valence-corrected chi connectivity index (χ2v) is 6.22. The summed E-state index contributed by atoms with van der Waals surface area (Å²) in [5.41, 5.74) is 3.12. The Labute approximate surface area is 131 Å². The molecule has 0 unspecified atom stereocenters. The zero-order chi connectivity index (χ0) is 15.5. The van der Waals surface area contributed by atoms with Crippen molar-refractivity contribution in [3.05, 3.63) is 29.3 Å². The summed E-state index contributed by atoms with van der Waals surface area (Å²) in [7, 11) is 0. The average Bonchev–Trinajstić information content (AvgIpc) is 3.39. The third-order valence-corrected chi connectivity index (χ3v) is 4.69. The van der Waals surface area contributed by atoms with Crippen LogP contribution in [0.15, 0.2) is 18.2 Å². The first-order chi connectivity index (χ1) is 10.7. The van der Waals surface area contributed by atoms with Crippen LogP contribution in [0.3, 0.4) is 0 Å². The van der Waals surface area contributed by atoms with Crippen molar-refractivity contribution in [3.63, 3.8) is 0 Å². The van der Waals surface area contributed by atoms with E-state index in [4.69, 9.17) is 4.74 Å². The van der Waals surface area contributed by atoms with E-state index in [1.54, 1.807) is 0 Å². The van der Waals surface area contributed by atoms with E-state index in [2.05, 4.69) is 17.0 Å². The number of aldehydes is 1. The predicted octanol–water partition coefficient (Wildman–Crippen LogP) is 3.16. The van der Waals surface area contributed by atoms with Crippen LogP contribution in [0.1, 0.15) is 54.4 Å². The van der Waals surface area contributed by atoms with Gasteiger partial charge in [0.15, 0.2) is 6.29 Å². The van der Waals surface area contributed by atoms with Crippen molar-refractivity contribution in [2.75, 3.05) is 24.6 Å². The second kappa shape index (κ2) is 6.51. The molecule has 2 fully saturated rings. The van der Waals surface area contributed by atoms with Gasteiger partial charge in [-0.05, 0) is 56.2 Å². The highest BCUT2D eigenvalue weighted by Crippen LogP contribution is 2.42. The fourth-order valence-corrected chi connectivity index (χ4v) is 3.22. The van der Waals surface area contributed by atoms with Crippen molar-refractivity contribution in [1.82, 2.24) is 0 Å². The van der Waals surface area contributed by atoms with E-state index in [0.717, 1.165) is 43.5 Å². The summed E-state index contributed by atoms with van der Waals surface area (Å²) in [5, 5.41) is 0. The fraction of sp³-hybridized carbons (Fsp3) is 0.556. The molecule has 0 spiro atoms. The molecule has 0 atom stereocenters. The summed E-state index contributed by atoms with van der Waals surface area (Å²) in [4.78, 5) is 25.4. The van der Waals surface area contributed by atoms with Crippen molar-refractivity contribution < 1.29 is 14.3 Å². The maximum absolute atomic E-state index is 11.8. The van der Waals surface area contributed by atoms with Crippen LogP contribution in [0.4, 0.5) is 5.69 Å². The zero-order valence-electron chi connectivity index (χ0n) is 13.1. The van der Waals surface area contributed by atoms with Crippen LogP contribution in [0.2, 0.25) is 0 Å². The summed E-state index contributed by atoms with van der Waals surface area (Å²) in [5.74, 6) is 0.600. The number of esters is 1. The van der Waals surface area contributed by atoms with Gasteiger partial charge in [-0.3, -0.25) is 9.59 Å². The van der Waals surface area contributed by atoms with Crippen molar-refractivity contribution in [3.8, 4) is 0 Å². The Morgan fingerprint density at radius 1 is 1.27 bits per heavy atom. The third kappa shape index (κ3) is 3.16. The minimum Gasteiger partial charge on any atom is -0.466 e. The summed E-state index contributed by atoms with van der Waals surface area (Å²) in [6.45, 7) is 3.89. The smallest absolute Gasteiger partial charge is 0.309 e.